The molecule has 1 aromatic carbocycles. The van der Waals surface area contributed by atoms with Gasteiger partial charge in [-0.05, 0) is 18.2 Å². The minimum absolute atomic E-state index is 0.00339. The molecule has 0 spiro atoms. The maximum absolute atomic E-state index is 12.2. The van der Waals surface area contributed by atoms with Crippen LogP contribution in [-0.4, -0.2) is 19.9 Å². The van der Waals surface area contributed by atoms with Gasteiger partial charge in [0, 0.05) is 29.1 Å². The van der Waals surface area contributed by atoms with E-state index < -0.39 is 10.0 Å². The van der Waals surface area contributed by atoms with Crippen LogP contribution in [0.1, 0.15) is 17.8 Å². The smallest absolute Gasteiger partial charge is 0.242 e. The average molecular weight is 332 g/mol. The number of rotatable bonds is 5. The normalized spacial score (nSPS) is 13.3. The molecule has 1 aromatic heterocycles. The third-order valence-electron chi connectivity index (χ3n) is 2.72. The van der Waals surface area contributed by atoms with Crippen molar-refractivity contribution in [3.05, 3.63) is 39.8 Å². The van der Waals surface area contributed by atoms with E-state index in [1.54, 1.807) is 12.3 Å². The number of nitrogen functional groups attached to an aromatic ring is 1. The van der Waals surface area contributed by atoms with Gasteiger partial charge in [0.05, 0.1) is 10.7 Å². The minimum Gasteiger partial charge on any atom is -0.398 e. The van der Waals surface area contributed by atoms with Crippen molar-refractivity contribution in [3.63, 3.8) is 0 Å². The zero-order chi connectivity index (χ0) is 14.8. The lowest BCUT2D eigenvalue weighted by Gasteiger charge is -2.12. The van der Waals surface area contributed by atoms with Crippen LogP contribution in [0.4, 0.5) is 5.69 Å². The van der Waals surface area contributed by atoms with Crippen molar-refractivity contribution in [1.82, 2.24) is 9.71 Å². The molecule has 1 atom stereocenters. The summed E-state index contributed by atoms with van der Waals surface area (Å²) in [5, 5.41) is 3.06. The van der Waals surface area contributed by atoms with E-state index in [2.05, 4.69) is 9.71 Å². The largest absolute Gasteiger partial charge is 0.398 e. The molecule has 2 rings (SSSR count). The Morgan fingerprint density at radius 3 is 2.90 bits per heavy atom. The summed E-state index contributed by atoms with van der Waals surface area (Å²) in [6, 6.07) is 4.36. The molecule has 0 saturated heterocycles. The molecule has 0 aliphatic carbocycles. The van der Waals surface area contributed by atoms with E-state index in [-0.39, 0.29) is 23.0 Å². The van der Waals surface area contributed by atoms with Crippen LogP contribution in [0.25, 0.3) is 0 Å². The molecule has 8 heteroatoms. The Morgan fingerprint density at radius 1 is 1.50 bits per heavy atom. The lowest BCUT2D eigenvalue weighted by atomic mass is 10.2. The quantitative estimate of drug-likeness (QED) is 0.824. The van der Waals surface area contributed by atoms with E-state index in [0.29, 0.717) is 5.02 Å². The number of nitrogens with one attached hydrogen (secondary N) is 1. The van der Waals surface area contributed by atoms with Gasteiger partial charge >= 0.3 is 0 Å². The molecule has 0 aliphatic heterocycles. The van der Waals surface area contributed by atoms with Gasteiger partial charge in [0.25, 0.3) is 0 Å². The Bertz CT molecular complexity index is 687. The molecule has 5 nitrogen and oxygen atoms in total. The fourth-order valence-corrected chi connectivity index (χ4v) is 3.84. The molecule has 0 radical (unpaired) electrons. The monoisotopic (exact) mass is 331 g/mol. The summed E-state index contributed by atoms with van der Waals surface area (Å²) in [6.07, 6.45) is 1.69. The zero-order valence-electron chi connectivity index (χ0n) is 10.7. The van der Waals surface area contributed by atoms with Gasteiger partial charge in [-0.3, -0.25) is 0 Å². The summed E-state index contributed by atoms with van der Waals surface area (Å²) in [5.74, 6) is -0.00909. The van der Waals surface area contributed by atoms with Gasteiger partial charge < -0.3 is 5.73 Å². The molecule has 1 heterocycles. The second-order valence-corrected chi connectivity index (χ2v) is 7.40. The number of anilines is 1. The molecule has 0 fully saturated rings. The molecule has 3 N–H and O–H groups in total. The van der Waals surface area contributed by atoms with Crippen LogP contribution in [0.15, 0.2) is 34.7 Å². The van der Waals surface area contributed by atoms with Crippen molar-refractivity contribution in [2.75, 3.05) is 12.3 Å². The van der Waals surface area contributed by atoms with Crippen molar-refractivity contribution in [1.29, 1.82) is 0 Å². The molecule has 0 amide bonds. The van der Waals surface area contributed by atoms with Crippen LogP contribution in [0.5, 0.6) is 0 Å². The highest BCUT2D eigenvalue weighted by Gasteiger charge is 2.19. The number of nitrogens with zero attached hydrogens (tertiary/aromatic N) is 1. The third kappa shape index (κ3) is 3.49. The molecule has 2 aromatic rings. The highest BCUT2D eigenvalue weighted by Crippen LogP contribution is 2.23. The van der Waals surface area contributed by atoms with E-state index in [0.717, 1.165) is 5.01 Å². The molecular formula is C12H14ClN3O2S2. The fourth-order valence-electron chi connectivity index (χ4n) is 1.62. The molecule has 1 unspecified atom stereocenters. The van der Waals surface area contributed by atoms with Gasteiger partial charge in [-0.25, -0.2) is 18.1 Å². The van der Waals surface area contributed by atoms with E-state index in [9.17, 15) is 8.42 Å². The van der Waals surface area contributed by atoms with Crippen LogP contribution >= 0.6 is 22.9 Å². The first kappa shape index (κ1) is 15.2. The van der Waals surface area contributed by atoms with Gasteiger partial charge in [-0.15, -0.1) is 11.3 Å². The second kappa shape index (κ2) is 6.09. The van der Waals surface area contributed by atoms with Crippen molar-refractivity contribution in [2.45, 2.75) is 17.7 Å². The molecule has 20 heavy (non-hydrogen) atoms. The Kier molecular flexibility index (Phi) is 4.64. The van der Waals surface area contributed by atoms with Crippen molar-refractivity contribution < 1.29 is 8.42 Å². The van der Waals surface area contributed by atoms with E-state index in [1.165, 1.54) is 23.5 Å². The number of halogens is 1. The van der Waals surface area contributed by atoms with Gasteiger partial charge in [0.15, 0.2) is 0 Å². The van der Waals surface area contributed by atoms with Crippen molar-refractivity contribution in [3.8, 4) is 0 Å². The van der Waals surface area contributed by atoms with Crippen LogP contribution in [0.3, 0.4) is 0 Å². The Hall–Kier alpha value is -1.15. The Labute approximate surface area is 126 Å². The number of hydrogen-bond acceptors (Lipinski definition) is 5. The van der Waals surface area contributed by atoms with E-state index in [1.807, 2.05) is 12.3 Å². The number of thiazole rings is 1. The predicted octanol–water partition coefficient (Wildman–Crippen LogP) is 2.46. The number of nitrogens with two attached hydrogens (primary N) is 1. The highest BCUT2D eigenvalue weighted by atomic mass is 35.5. The Balaban J connectivity index is 2.13. The number of aromatic nitrogens is 1. The minimum atomic E-state index is -3.68. The maximum Gasteiger partial charge on any atom is 0.242 e. The standard InChI is InChI=1S/C12H14ClN3O2S2/c1-8(12-15-4-5-19-12)7-16-20(17,18)11-6-9(13)2-3-10(11)14/h2-6,8,16H,7,14H2,1H3. The van der Waals surface area contributed by atoms with Crippen LogP contribution in [-0.2, 0) is 10.0 Å². The van der Waals surface area contributed by atoms with Gasteiger partial charge in [-0.1, -0.05) is 18.5 Å². The van der Waals surface area contributed by atoms with Crippen molar-refractivity contribution >= 4 is 38.6 Å². The van der Waals surface area contributed by atoms with Crippen LogP contribution in [0.2, 0.25) is 5.02 Å². The molecule has 0 bridgehead atoms. The molecule has 108 valence electrons. The number of sulfonamides is 1. The van der Waals surface area contributed by atoms with E-state index in [4.69, 9.17) is 17.3 Å². The summed E-state index contributed by atoms with van der Waals surface area (Å²) in [5.41, 5.74) is 5.86. The van der Waals surface area contributed by atoms with E-state index >= 15 is 0 Å². The van der Waals surface area contributed by atoms with Crippen LogP contribution < -0.4 is 10.5 Å². The summed E-state index contributed by atoms with van der Waals surface area (Å²) < 4.78 is 27.0. The molecular weight excluding hydrogens is 318 g/mol. The van der Waals surface area contributed by atoms with Gasteiger partial charge in [0.1, 0.15) is 4.90 Å². The molecule has 0 aliphatic rings. The fraction of sp³-hybridized carbons (Fsp3) is 0.250. The third-order valence-corrected chi connectivity index (χ3v) is 5.44. The zero-order valence-corrected chi connectivity index (χ0v) is 13.1. The first-order valence-corrected chi connectivity index (χ1v) is 8.58. The van der Waals surface area contributed by atoms with Crippen LogP contribution in [0, 0.1) is 0 Å². The predicted molar refractivity (Wildman–Crippen MR) is 81.6 cm³/mol. The first-order chi connectivity index (χ1) is 9.40. The lowest BCUT2D eigenvalue weighted by molar-refractivity contribution is 0.575. The summed E-state index contributed by atoms with van der Waals surface area (Å²) in [7, 11) is -3.68. The van der Waals surface area contributed by atoms with Gasteiger partial charge in [0.2, 0.25) is 10.0 Å². The number of hydrogen-bond donors (Lipinski definition) is 2. The summed E-state index contributed by atoms with van der Waals surface area (Å²) in [4.78, 5) is 4.16. The Morgan fingerprint density at radius 2 is 2.25 bits per heavy atom. The molecule has 0 saturated carbocycles. The summed E-state index contributed by atoms with van der Waals surface area (Å²) >= 11 is 7.30. The average Bonchev–Trinajstić information content (AvgIpc) is 2.93. The second-order valence-electron chi connectivity index (χ2n) is 4.31. The number of benzene rings is 1. The lowest BCUT2D eigenvalue weighted by Crippen LogP contribution is -2.28. The summed E-state index contributed by atoms with van der Waals surface area (Å²) in [6.45, 7) is 2.16. The first-order valence-electron chi connectivity index (χ1n) is 5.84. The highest BCUT2D eigenvalue weighted by molar-refractivity contribution is 7.89. The maximum atomic E-state index is 12.2. The van der Waals surface area contributed by atoms with Gasteiger partial charge in [-0.2, -0.15) is 0 Å². The topological polar surface area (TPSA) is 85.1 Å². The van der Waals surface area contributed by atoms with Crippen molar-refractivity contribution in [2.24, 2.45) is 0 Å². The SMILES string of the molecule is CC(CNS(=O)(=O)c1cc(Cl)ccc1N)c1nccs1.